The van der Waals surface area contributed by atoms with Gasteiger partial charge in [-0.2, -0.15) is 0 Å². The van der Waals surface area contributed by atoms with Gasteiger partial charge in [0.2, 0.25) is 0 Å². The van der Waals surface area contributed by atoms with Crippen molar-refractivity contribution < 1.29 is 0 Å². The van der Waals surface area contributed by atoms with Crippen LogP contribution in [0.1, 0.15) is 51.8 Å². The molecule has 4 heteroatoms. The zero-order valence-corrected chi connectivity index (χ0v) is 12.2. The van der Waals surface area contributed by atoms with Crippen molar-refractivity contribution >= 4 is 17.6 Å². The van der Waals surface area contributed by atoms with E-state index in [1.165, 1.54) is 32.1 Å². The summed E-state index contributed by atoms with van der Waals surface area (Å²) < 4.78 is 0. The molecule has 1 saturated carbocycles. The van der Waals surface area contributed by atoms with Gasteiger partial charge in [-0.3, -0.25) is 0 Å². The third-order valence-corrected chi connectivity index (χ3v) is 4.52. The second-order valence-corrected chi connectivity index (χ2v) is 6.09. The highest BCUT2D eigenvalue weighted by molar-refractivity contribution is 7.99. The maximum atomic E-state index is 4.64. The lowest BCUT2D eigenvalue weighted by molar-refractivity contribution is 0.515. The van der Waals surface area contributed by atoms with Gasteiger partial charge in [0.05, 0.1) is 0 Å². The fourth-order valence-corrected chi connectivity index (χ4v) is 3.56. The molecule has 1 fully saturated rings. The first kappa shape index (κ1) is 13.7. The lowest BCUT2D eigenvalue weighted by Gasteiger charge is -2.20. The molecule has 0 aliphatic heterocycles. The second kappa shape index (κ2) is 6.98. The topological polar surface area (TPSA) is 37.8 Å². The molecule has 1 heterocycles. The van der Waals surface area contributed by atoms with Crippen molar-refractivity contribution in [2.45, 2.75) is 62.6 Å². The van der Waals surface area contributed by atoms with Crippen LogP contribution in [0.5, 0.6) is 0 Å². The Balaban J connectivity index is 2.07. The van der Waals surface area contributed by atoms with Crippen molar-refractivity contribution in [3.05, 3.63) is 11.9 Å². The minimum Gasteiger partial charge on any atom is -0.370 e. The van der Waals surface area contributed by atoms with Crippen LogP contribution in [0.2, 0.25) is 0 Å². The average molecular weight is 265 g/mol. The van der Waals surface area contributed by atoms with Crippen molar-refractivity contribution in [1.82, 2.24) is 9.97 Å². The highest BCUT2D eigenvalue weighted by Gasteiger charge is 2.16. The van der Waals surface area contributed by atoms with Gasteiger partial charge in [0.1, 0.15) is 16.7 Å². The summed E-state index contributed by atoms with van der Waals surface area (Å²) in [6, 6.07) is 2.10. The summed E-state index contributed by atoms with van der Waals surface area (Å²) in [5.74, 6) is 1.93. The molecule has 0 bridgehead atoms. The van der Waals surface area contributed by atoms with Crippen molar-refractivity contribution in [1.29, 1.82) is 0 Å². The van der Waals surface area contributed by atoms with Crippen LogP contribution in [-0.4, -0.2) is 21.8 Å². The quantitative estimate of drug-likeness (QED) is 0.820. The first-order chi connectivity index (χ1) is 8.81. The van der Waals surface area contributed by atoms with E-state index in [9.17, 15) is 0 Å². The molecule has 0 saturated heterocycles. The normalized spacial score (nSPS) is 16.8. The molecular weight excluding hydrogens is 242 g/mol. The molecule has 1 aliphatic rings. The zero-order chi connectivity index (χ0) is 12.8. The average Bonchev–Trinajstić information content (AvgIpc) is 2.40. The van der Waals surface area contributed by atoms with Crippen LogP contribution in [0.4, 0.5) is 5.82 Å². The maximum Gasteiger partial charge on any atom is 0.131 e. The standard InChI is InChI=1S/C14H23N3S/c1-3-12-16-13(15-4-2)10-14(17-12)18-11-8-6-5-7-9-11/h10-11H,3-9H2,1-2H3,(H,15,16,17). The van der Waals surface area contributed by atoms with Crippen molar-refractivity contribution in [2.75, 3.05) is 11.9 Å². The van der Waals surface area contributed by atoms with Gasteiger partial charge >= 0.3 is 0 Å². The third-order valence-electron chi connectivity index (χ3n) is 3.26. The number of nitrogens with zero attached hydrogens (tertiary/aromatic N) is 2. The van der Waals surface area contributed by atoms with Gasteiger partial charge in [-0.25, -0.2) is 9.97 Å². The summed E-state index contributed by atoms with van der Waals surface area (Å²) in [4.78, 5) is 9.14. The molecule has 1 aliphatic carbocycles. The molecule has 0 spiro atoms. The van der Waals surface area contributed by atoms with Crippen LogP contribution in [0, 0.1) is 0 Å². The highest BCUT2D eigenvalue weighted by Crippen LogP contribution is 2.33. The van der Waals surface area contributed by atoms with E-state index in [1.807, 2.05) is 11.8 Å². The predicted molar refractivity (Wildman–Crippen MR) is 78.3 cm³/mol. The van der Waals surface area contributed by atoms with Crippen molar-refractivity contribution in [3.8, 4) is 0 Å². The number of aryl methyl sites for hydroxylation is 1. The van der Waals surface area contributed by atoms with E-state index in [0.717, 1.165) is 34.9 Å². The minimum absolute atomic E-state index is 0.757. The summed E-state index contributed by atoms with van der Waals surface area (Å²) in [6.45, 7) is 5.12. The smallest absolute Gasteiger partial charge is 0.131 e. The zero-order valence-electron chi connectivity index (χ0n) is 11.4. The first-order valence-electron chi connectivity index (χ1n) is 7.10. The lowest BCUT2D eigenvalue weighted by atomic mass is 10.0. The van der Waals surface area contributed by atoms with Gasteiger partial charge < -0.3 is 5.32 Å². The summed E-state index contributed by atoms with van der Waals surface area (Å²) in [5.41, 5.74) is 0. The van der Waals surface area contributed by atoms with Crippen LogP contribution in [-0.2, 0) is 6.42 Å². The Morgan fingerprint density at radius 2 is 2.00 bits per heavy atom. The van der Waals surface area contributed by atoms with E-state index < -0.39 is 0 Å². The summed E-state index contributed by atoms with van der Waals surface area (Å²) in [7, 11) is 0. The van der Waals surface area contributed by atoms with Crippen molar-refractivity contribution in [3.63, 3.8) is 0 Å². The Morgan fingerprint density at radius 1 is 1.22 bits per heavy atom. The van der Waals surface area contributed by atoms with E-state index in [-0.39, 0.29) is 0 Å². The molecule has 100 valence electrons. The van der Waals surface area contributed by atoms with Crippen LogP contribution < -0.4 is 5.32 Å². The third kappa shape index (κ3) is 3.87. The lowest BCUT2D eigenvalue weighted by Crippen LogP contribution is -2.09. The predicted octanol–water partition coefficient (Wildman–Crippen LogP) is 3.90. The molecule has 18 heavy (non-hydrogen) atoms. The van der Waals surface area contributed by atoms with Crippen LogP contribution >= 0.6 is 11.8 Å². The number of nitrogens with one attached hydrogen (secondary N) is 1. The molecule has 1 aromatic heterocycles. The van der Waals surface area contributed by atoms with Gasteiger partial charge in [-0.1, -0.05) is 26.2 Å². The number of aromatic nitrogens is 2. The van der Waals surface area contributed by atoms with Crippen molar-refractivity contribution in [2.24, 2.45) is 0 Å². The number of hydrogen-bond acceptors (Lipinski definition) is 4. The molecule has 3 nitrogen and oxygen atoms in total. The number of anilines is 1. The van der Waals surface area contributed by atoms with E-state index in [2.05, 4.69) is 35.2 Å². The Labute approximate surface area is 114 Å². The SMILES string of the molecule is CCNc1cc(SC2CCCCC2)nc(CC)n1. The second-order valence-electron chi connectivity index (χ2n) is 4.77. The summed E-state index contributed by atoms with van der Waals surface area (Å²) in [5, 5.41) is 5.20. The summed E-state index contributed by atoms with van der Waals surface area (Å²) >= 11 is 1.94. The van der Waals surface area contributed by atoms with E-state index in [1.54, 1.807) is 0 Å². The monoisotopic (exact) mass is 265 g/mol. The molecule has 0 unspecified atom stereocenters. The molecule has 0 aromatic carbocycles. The van der Waals surface area contributed by atoms with Crippen LogP contribution in [0.25, 0.3) is 0 Å². The van der Waals surface area contributed by atoms with Gasteiger partial charge in [-0.05, 0) is 19.8 Å². The summed E-state index contributed by atoms with van der Waals surface area (Å²) in [6.07, 6.45) is 7.74. The fourth-order valence-electron chi connectivity index (χ4n) is 2.32. The molecule has 0 amide bonds. The first-order valence-corrected chi connectivity index (χ1v) is 7.98. The fraction of sp³-hybridized carbons (Fsp3) is 0.714. The molecule has 0 atom stereocenters. The molecule has 2 rings (SSSR count). The molecule has 1 N–H and O–H groups in total. The molecule has 1 aromatic rings. The van der Waals surface area contributed by atoms with Gasteiger partial charge in [-0.15, -0.1) is 11.8 Å². The number of hydrogen-bond donors (Lipinski definition) is 1. The van der Waals surface area contributed by atoms with E-state index in [4.69, 9.17) is 0 Å². The van der Waals surface area contributed by atoms with Crippen LogP contribution in [0.3, 0.4) is 0 Å². The number of thioether (sulfide) groups is 1. The van der Waals surface area contributed by atoms with Crippen LogP contribution in [0.15, 0.2) is 11.1 Å². The van der Waals surface area contributed by atoms with Gasteiger partial charge in [0.25, 0.3) is 0 Å². The van der Waals surface area contributed by atoms with E-state index >= 15 is 0 Å². The minimum atomic E-state index is 0.757. The number of rotatable bonds is 5. The largest absolute Gasteiger partial charge is 0.370 e. The van der Waals surface area contributed by atoms with Gasteiger partial charge in [0.15, 0.2) is 0 Å². The Kier molecular flexibility index (Phi) is 5.29. The highest BCUT2D eigenvalue weighted by atomic mass is 32.2. The van der Waals surface area contributed by atoms with Gasteiger partial charge in [0, 0.05) is 24.3 Å². The molecular formula is C14H23N3S. The van der Waals surface area contributed by atoms with E-state index in [0.29, 0.717) is 0 Å². The molecule has 0 radical (unpaired) electrons. The Hall–Kier alpha value is -0.770. The maximum absolute atomic E-state index is 4.64. The Bertz CT molecular complexity index is 375. The Morgan fingerprint density at radius 3 is 2.67 bits per heavy atom.